The molecule has 3 aromatic rings. The molecule has 9 nitrogen and oxygen atoms in total. The summed E-state index contributed by atoms with van der Waals surface area (Å²) < 4.78 is 17.5. The lowest BCUT2D eigenvalue weighted by Gasteiger charge is -2.15. The lowest BCUT2D eigenvalue weighted by molar-refractivity contribution is -0.384. The number of nitro benzene ring substituents is 1. The lowest BCUT2D eigenvalue weighted by atomic mass is 10.1. The van der Waals surface area contributed by atoms with Gasteiger partial charge in [-0.3, -0.25) is 14.9 Å². The summed E-state index contributed by atoms with van der Waals surface area (Å²) >= 11 is 2.10. The molecule has 0 saturated heterocycles. The summed E-state index contributed by atoms with van der Waals surface area (Å²) in [4.78, 5) is 23.6. The molecule has 0 radical (unpaired) electrons. The van der Waals surface area contributed by atoms with Gasteiger partial charge < -0.3 is 19.5 Å². The number of anilines is 1. The van der Waals surface area contributed by atoms with Crippen LogP contribution < -0.4 is 19.5 Å². The van der Waals surface area contributed by atoms with E-state index in [-0.39, 0.29) is 22.7 Å². The van der Waals surface area contributed by atoms with Gasteiger partial charge in [0.2, 0.25) is 0 Å². The number of nitrogens with zero attached hydrogens (tertiary/aromatic N) is 2. The van der Waals surface area contributed by atoms with E-state index in [1.54, 1.807) is 12.1 Å². The molecule has 1 amide bonds. The molecule has 0 fully saturated rings. The van der Waals surface area contributed by atoms with Crippen LogP contribution in [0, 0.1) is 25.0 Å². The quantitative estimate of drug-likeness (QED) is 0.104. The molecule has 10 heteroatoms. The van der Waals surface area contributed by atoms with E-state index in [1.165, 1.54) is 31.4 Å². The Balaban J connectivity index is 1.88. The van der Waals surface area contributed by atoms with Crippen molar-refractivity contribution in [3.05, 3.63) is 91.0 Å². The fourth-order valence-electron chi connectivity index (χ4n) is 3.20. The number of halogens is 1. The number of ether oxygens (including phenoxy) is 3. The van der Waals surface area contributed by atoms with Crippen LogP contribution in [0.3, 0.4) is 0 Å². The molecule has 1 N–H and O–H groups in total. The van der Waals surface area contributed by atoms with Crippen LogP contribution in [-0.2, 0) is 11.4 Å². The molecule has 0 aliphatic rings. The second-order valence-electron chi connectivity index (χ2n) is 7.30. The summed E-state index contributed by atoms with van der Waals surface area (Å²) in [6, 6.07) is 19.0. The monoisotopic (exact) mass is 599 g/mol. The maximum atomic E-state index is 12.8. The summed E-state index contributed by atoms with van der Waals surface area (Å²) in [5.41, 5.74) is 0.882. The molecule has 3 rings (SSSR count). The van der Waals surface area contributed by atoms with Crippen LogP contribution in [0.4, 0.5) is 11.4 Å². The average molecular weight is 599 g/mol. The molecule has 0 spiro atoms. The van der Waals surface area contributed by atoms with Gasteiger partial charge in [-0.15, -0.1) is 0 Å². The van der Waals surface area contributed by atoms with E-state index in [4.69, 9.17) is 14.2 Å². The van der Waals surface area contributed by atoms with Gasteiger partial charge in [-0.25, -0.2) is 0 Å². The van der Waals surface area contributed by atoms with Gasteiger partial charge in [0.1, 0.15) is 29.7 Å². The molecule has 0 unspecified atom stereocenters. The third kappa shape index (κ3) is 6.73. The predicted octanol–water partition coefficient (Wildman–Crippen LogP) is 5.73. The van der Waals surface area contributed by atoms with Crippen LogP contribution >= 0.6 is 22.6 Å². The first-order valence-corrected chi connectivity index (χ1v) is 11.8. The number of nitriles is 1. The van der Waals surface area contributed by atoms with Gasteiger partial charge in [0.05, 0.1) is 28.3 Å². The number of rotatable bonds is 10. The predicted molar refractivity (Wildman–Crippen MR) is 143 cm³/mol. The van der Waals surface area contributed by atoms with Gasteiger partial charge in [0.15, 0.2) is 11.5 Å². The number of amides is 1. The molecule has 184 valence electrons. The number of carbonyl (C=O) groups is 1. The number of methoxy groups -OCH3 is 1. The summed E-state index contributed by atoms with van der Waals surface area (Å²) in [5, 5.41) is 23.5. The second kappa shape index (κ2) is 12.6. The highest BCUT2D eigenvalue weighted by Gasteiger charge is 2.20. The van der Waals surface area contributed by atoms with E-state index in [9.17, 15) is 20.2 Å². The molecular formula is C26H22IN3O6. The van der Waals surface area contributed by atoms with Gasteiger partial charge in [0, 0.05) is 0 Å². The fourth-order valence-corrected chi connectivity index (χ4v) is 3.99. The first kappa shape index (κ1) is 26.5. The van der Waals surface area contributed by atoms with Gasteiger partial charge in [-0.2, -0.15) is 5.26 Å². The number of nitrogens with one attached hydrogen (secondary N) is 1. The Hall–Kier alpha value is -4.11. The third-order valence-corrected chi connectivity index (χ3v) is 5.68. The molecular weight excluding hydrogens is 577 g/mol. The van der Waals surface area contributed by atoms with E-state index >= 15 is 0 Å². The first-order chi connectivity index (χ1) is 17.4. The Morgan fingerprint density at radius 2 is 1.92 bits per heavy atom. The lowest BCUT2D eigenvalue weighted by Crippen LogP contribution is -2.14. The molecule has 0 heterocycles. The maximum absolute atomic E-state index is 12.8. The zero-order valence-electron chi connectivity index (χ0n) is 19.5. The Labute approximate surface area is 221 Å². The Morgan fingerprint density at radius 1 is 1.17 bits per heavy atom. The van der Waals surface area contributed by atoms with Crippen molar-refractivity contribution < 1.29 is 23.9 Å². The van der Waals surface area contributed by atoms with Crippen molar-refractivity contribution in [2.75, 3.05) is 19.0 Å². The Bertz CT molecular complexity index is 1340. The zero-order chi connectivity index (χ0) is 26.1. The third-order valence-electron chi connectivity index (χ3n) is 4.88. The highest BCUT2D eigenvalue weighted by molar-refractivity contribution is 14.1. The zero-order valence-corrected chi connectivity index (χ0v) is 21.6. The van der Waals surface area contributed by atoms with Crippen LogP contribution in [0.2, 0.25) is 0 Å². The van der Waals surface area contributed by atoms with E-state index in [1.807, 2.05) is 43.3 Å². The van der Waals surface area contributed by atoms with Gasteiger partial charge in [0.25, 0.3) is 11.6 Å². The van der Waals surface area contributed by atoms with E-state index in [0.29, 0.717) is 30.3 Å². The summed E-state index contributed by atoms with van der Waals surface area (Å²) in [6.45, 7) is 2.57. The van der Waals surface area contributed by atoms with Crippen molar-refractivity contribution >= 4 is 45.9 Å². The van der Waals surface area contributed by atoms with Crippen LogP contribution in [0.5, 0.6) is 17.2 Å². The van der Waals surface area contributed by atoms with Gasteiger partial charge in [-0.1, -0.05) is 30.3 Å². The first-order valence-electron chi connectivity index (χ1n) is 10.7. The molecule has 0 aromatic heterocycles. The number of carbonyl (C=O) groups excluding carboxylic acids is 1. The minimum absolute atomic E-state index is 0.0544. The second-order valence-corrected chi connectivity index (χ2v) is 8.46. The van der Waals surface area contributed by atoms with Crippen molar-refractivity contribution in [3.63, 3.8) is 0 Å². The largest absolute Gasteiger partial charge is 0.496 e. The number of hydrogen-bond acceptors (Lipinski definition) is 7. The summed E-state index contributed by atoms with van der Waals surface area (Å²) in [5.74, 6) is 0.497. The van der Waals surface area contributed by atoms with Crippen LogP contribution in [0.25, 0.3) is 6.08 Å². The highest BCUT2D eigenvalue weighted by atomic mass is 127. The van der Waals surface area contributed by atoms with Crippen molar-refractivity contribution in [2.24, 2.45) is 0 Å². The maximum Gasteiger partial charge on any atom is 0.296 e. The van der Waals surface area contributed by atoms with Crippen molar-refractivity contribution in [1.82, 2.24) is 0 Å². The summed E-state index contributed by atoms with van der Waals surface area (Å²) in [7, 11) is 1.38. The summed E-state index contributed by atoms with van der Waals surface area (Å²) in [6.07, 6.45) is 1.39. The van der Waals surface area contributed by atoms with E-state index in [2.05, 4.69) is 27.9 Å². The standard InChI is InChI=1S/C26H22IN3O6/c1-3-35-24-13-18(12-21(27)25(24)36-16-17-7-5-4-6-8-17)11-19(15-28)26(31)29-22-10-9-20(34-2)14-23(22)30(32)33/h4-14H,3,16H2,1-2H3,(H,29,31)/b19-11+. The number of nitro groups is 1. The van der Waals surface area contributed by atoms with Crippen LogP contribution in [0.1, 0.15) is 18.1 Å². The number of hydrogen-bond donors (Lipinski definition) is 1. The van der Waals surface area contributed by atoms with Crippen molar-refractivity contribution in [1.29, 1.82) is 5.26 Å². The molecule has 0 bridgehead atoms. The van der Waals surface area contributed by atoms with E-state index in [0.717, 1.165) is 9.13 Å². The molecule has 3 aromatic carbocycles. The van der Waals surface area contributed by atoms with Gasteiger partial charge in [-0.05, 0) is 71.0 Å². The smallest absolute Gasteiger partial charge is 0.296 e. The topological polar surface area (TPSA) is 124 Å². The molecule has 0 atom stereocenters. The van der Waals surface area contributed by atoms with Crippen LogP contribution in [0.15, 0.2) is 66.2 Å². The highest BCUT2D eigenvalue weighted by Crippen LogP contribution is 2.36. The van der Waals surface area contributed by atoms with Crippen LogP contribution in [-0.4, -0.2) is 24.5 Å². The molecule has 0 aliphatic heterocycles. The van der Waals surface area contributed by atoms with Crippen molar-refractivity contribution in [2.45, 2.75) is 13.5 Å². The minimum Gasteiger partial charge on any atom is -0.496 e. The molecule has 0 saturated carbocycles. The minimum atomic E-state index is -0.789. The normalized spacial score (nSPS) is 10.8. The van der Waals surface area contributed by atoms with E-state index < -0.39 is 10.8 Å². The molecule has 36 heavy (non-hydrogen) atoms. The Morgan fingerprint density at radius 3 is 2.56 bits per heavy atom. The molecule has 0 aliphatic carbocycles. The Kier molecular flexibility index (Phi) is 9.24. The average Bonchev–Trinajstić information content (AvgIpc) is 2.87. The number of benzene rings is 3. The SMILES string of the molecule is CCOc1cc(/C=C(\C#N)C(=O)Nc2ccc(OC)cc2[N+](=O)[O-])cc(I)c1OCc1ccccc1. The fraction of sp³-hybridized carbons (Fsp3) is 0.154. The van der Waals surface area contributed by atoms with Crippen molar-refractivity contribution in [3.8, 4) is 23.3 Å². The van der Waals surface area contributed by atoms with Gasteiger partial charge >= 0.3 is 0 Å².